The Morgan fingerprint density at radius 1 is 0.714 bits per heavy atom. The maximum Gasteiger partial charge on any atom is 0.417 e. The molecule has 2 aliphatic carbocycles. The number of pyridine rings is 1. The molecule has 3 aromatic carbocycles. The van der Waals surface area contributed by atoms with Crippen molar-refractivity contribution in [3.05, 3.63) is 98.7 Å². The first kappa shape index (κ1) is 22.1. The zero-order valence-electron chi connectivity index (χ0n) is 20.6. The minimum atomic E-state index is -4.45. The average molecular weight is 471 g/mol. The van der Waals surface area contributed by atoms with E-state index in [2.05, 4.69) is 37.5 Å². The van der Waals surface area contributed by atoms with E-state index in [-0.39, 0.29) is 0 Å². The molecule has 4 aromatic rings. The lowest BCUT2D eigenvalue weighted by Gasteiger charge is -2.19. The van der Waals surface area contributed by atoms with Gasteiger partial charge < -0.3 is 0 Å². The van der Waals surface area contributed by atoms with Gasteiger partial charge in [0.15, 0.2) is 6.20 Å². The first-order valence-electron chi connectivity index (χ1n) is 12.0. The van der Waals surface area contributed by atoms with E-state index < -0.39 is 11.7 Å². The Balaban J connectivity index is 1.68. The van der Waals surface area contributed by atoms with Gasteiger partial charge in [-0.3, -0.25) is 0 Å². The topological polar surface area (TPSA) is 3.88 Å². The Morgan fingerprint density at radius 3 is 2.14 bits per heavy atom. The zero-order chi connectivity index (χ0) is 24.8. The highest BCUT2D eigenvalue weighted by atomic mass is 19.4. The first-order chi connectivity index (χ1) is 16.5. The van der Waals surface area contributed by atoms with Crippen molar-refractivity contribution in [3.8, 4) is 33.5 Å². The van der Waals surface area contributed by atoms with Crippen molar-refractivity contribution >= 4 is 0 Å². The van der Waals surface area contributed by atoms with Crippen molar-refractivity contribution < 1.29 is 17.7 Å². The summed E-state index contributed by atoms with van der Waals surface area (Å²) in [4.78, 5) is 0. The van der Waals surface area contributed by atoms with Gasteiger partial charge in [0.2, 0.25) is 5.69 Å². The fraction of sp³-hybridized carbons (Fsp3) is 0.258. The predicted octanol–water partition coefficient (Wildman–Crippen LogP) is 7.57. The molecule has 0 N–H and O–H groups in total. The van der Waals surface area contributed by atoms with E-state index in [9.17, 15) is 13.2 Å². The van der Waals surface area contributed by atoms with Crippen molar-refractivity contribution in [2.24, 2.45) is 7.05 Å². The Morgan fingerprint density at radius 2 is 1.40 bits per heavy atom. The lowest BCUT2D eigenvalue weighted by Crippen LogP contribution is -2.32. The highest BCUT2D eigenvalue weighted by Gasteiger charge is 2.44. The number of rotatable bonds is 1. The van der Waals surface area contributed by atoms with Crippen LogP contribution in [0.4, 0.5) is 13.2 Å². The van der Waals surface area contributed by atoms with E-state index in [0.29, 0.717) is 29.5 Å². The summed E-state index contributed by atoms with van der Waals surface area (Å²) in [5.74, 6) is 0. The van der Waals surface area contributed by atoms with Crippen LogP contribution in [0.5, 0.6) is 0 Å². The summed E-state index contributed by atoms with van der Waals surface area (Å²) in [5, 5.41) is 0. The number of nitrogens with zero attached hydrogens (tertiary/aromatic N) is 1. The van der Waals surface area contributed by atoms with Crippen molar-refractivity contribution in [2.75, 3.05) is 0 Å². The minimum Gasteiger partial charge on any atom is -0.201 e. The lowest BCUT2D eigenvalue weighted by atomic mass is 9.89. The van der Waals surface area contributed by atoms with Gasteiger partial charge in [0.25, 0.3) is 0 Å². The molecule has 176 valence electrons. The molecule has 1 nitrogen and oxygen atoms in total. The molecule has 0 atom stereocenters. The number of aryl methyl sites for hydroxylation is 4. The highest BCUT2D eigenvalue weighted by Crippen LogP contribution is 2.54. The van der Waals surface area contributed by atoms with Crippen molar-refractivity contribution in [3.63, 3.8) is 0 Å². The summed E-state index contributed by atoms with van der Waals surface area (Å²) >= 11 is 0. The van der Waals surface area contributed by atoms with Gasteiger partial charge in [0.05, 0.1) is 5.56 Å². The molecule has 1 heterocycles. The summed E-state index contributed by atoms with van der Waals surface area (Å²) < 4.78 is 46.6. The van der Waals surface area contributed by atoms with Crippen LogP contribution < -0.4 is 4.57 Å². The largest absolute Gasteiger partial charge is 0.417 e. The average Bonchev–Trinajstić information content (AvgIpc) is 3.31. The van der Waals surface area contributed by atoms with Crippen LogP contribution in [0.2, 0.25) is 0 Å². The second kappa shape index (κ2) is 7.30. The van der Waals surface area contributed by atoms with E-state index in [0.717, 1.165) is 50.2 Å². The number of halogens is 3. The normalized spacial score (nSPS) is 13.5. The molecule has 35 heavy (non-hydrogen) atoms. The SMILES string of the molecule is Cc1ccc2c(c1)-c1c(cc3c(c1C(F)(F)F)-c1cc[n+](C)c(-c4cc(C)cc(C)c4C)c1C3)C2. The molecular weight excluding hydrogens is 443 g/mol. The molecule has 4 heteroatoms. The Bertz CT molecular complexity index is 1570. The number of hydrogen-bond donors (Lipinski definition) is 0. The number of benzene rings is 3. The maximum atomic E-state index is 14.9. The van der Waals surface area contributed by atoms with Gasteiger partial charge in [-0.05, 0) is 90.3 Å². The van der Waals surface area contributed by atoms with Crippen LogP contribution in [0.25, 0.3) is 33.5 Å². The molecular formula is C31H27F3N+. The second-order valence-corrected chi connectivity index (χ2v) is 10.3. The number of fused-ring (bicyclic) bond motifs is 6. The maximum absolute atomic E-state index is 14.9. The van der Waals surface area contributed by atoms with Crippen molar-refractivity contribution in [2.45, 2.75) is 46.7 Å². The van der Waals surface area contributed by atoms with Gasteiger partial charge in [-0.2, -0.15) is 13.2 Å². The molecule has 6 rings (SSSR count). The van der Waals surface area contributed by atoms with E-state index in [1.54, 1.807) is 0 Å². The molecule has 2 aliphatic rings. The molecule has 0 bridgehead atoms. The first-order valence-corrected chi connectivity index (χ1v) is 12.0. The van der Waals surface area contributed by atoms with E-state index >= 15 is 0 Å². The van der Waals surface area contributed by atoms with Crippen molar-refractivity contribution in [1.82, 2.24) is 0 Å². The predicted molar refractivity (Wildman–Crippen MR) is 133 cm³/mol. The van der Waals surface area contributed by atoms with Crippen LogP contribution >= 0.6 is 0 Å². The zero-order valence-corrected chi connectivity index (χ0v) is 20.6. The summed E-state index contributed by atoms with van der Waals surface area (Å²) in [6, 6.07) is 14.1. The van der Waals surface area contributed by atoms with Gasteiger partial charge in [0.1, 0.15) is 7.05 Å². The second-order valence-electron chi connectivity index (χ2n) is 10.3. The van der Waals surface area contributed by atoms with Gasteiger partial charge in [0, 0.05) is 23.6 Å². The molecule has 0 fully saturated rings. The summed E-state index contributed by atoms with van der Waals surface area (Å²) in [7, 11) is 1.99. The highest BCUT2D eigenvalue weighted by molar-refractivity contribution is 5.92. The third-order valence-corrected chi connectivity index (χ3v) is 7.82. The van der Waals surface area contributed by atoms with Gasteiger partial charge in [-0.1, -0.05) is 41.5 Å². The standard InChI is InChI=1S/C31H27F3N/c1-16-6-7-20-13-21-14-22-15-26-23(27(22)29(31(32,33)34)28(21)25(20)11-16)8-9-35(5)30(26)24-12-17(2)10-18(3)19(24)4/h6-12,14H,13,15H2,1-5H3/q+1. The fourth-order valence-corrected chi connectivity index (χ4v) is 6.20. The Kier molecular flexibility index (Phi) is 4.61. The summed E-state index contributed by atoms with van der Waals surface area (Å²) in [6.45, 7) is 8.20. The third kappa shape index (κ3) is 3.19. The molecule has 0 saturated carbocycles. The van der Waals surface area contributed by atoms with E-state index in [1.165, 1.54) is 11.1 Å². The van der Waals surface area contributed by atoms with Gasteiger partial charge >= 0.3 is 6.18 Å². The quantitative estimate of drug-likeness (QED) is 0.218. The summed E-state index contributed by atoms with van der Waals surface area (Å²) in [5.41, 5.74) is 11.8. The van der Waals surface area contributed by atoms with Crippen LogP contribution in [-0.4, -0.2) is 0 Å². The summed E-state index contributed by atoms with van der Waals surface area (Å²) in [6.07, 6.45) is -1.48. The third-order valence-electron chi connectivity index (χ3n) is 7.82. The molecule has 0 amide bonds. The van der Waals surface area contributed by atoms with Gasteiger partial charge in [-0.25, -0.2) is 4.57 Å². The van der Waals surface area contributed by atoms with E-state index in [4.69, 9.17) is 0 Å². The minimum absolute atomic E-state index is 0.365. The molecule has 0 spiro atoms. The molecule has 0 unspecified atom stereocenters. The lowest BCUT2D eigenvalue weighted by molar-refractivity contribution is -0.660. The smallest absolute Gasteiger partial charge is 0.201 e. The van der Waals surface area contributed by atoms with Gasteiger partial charge in [-0.15, -0.1) is 0 Å². The Labute approximate surface area is 203 Å². The molecule has 0 radical (unpaired) electrons. The number of aromatic nitrogens is 1. The fourth-order valence-electron chi connectivity index (χ4n) is 6.20. The Hall–Kier alpha value is -3.40. The van der Waals surface area contributed by atoms with E-state index in [1.807, 2.05) is 50.5 Å². The van der Waals surface area contributed by atoms with Crippen LogP contribution in [0.3, 0.4) is 0 Å². The molecule has 1 aromatic heterocycles. The van der Waals surface area contributed by atoms with Crippen LogP contribution in [0, 0.1) is 27.7 Å². The van der Waals surface area contributed by atoms with Crippen LogP contribution in [-0.2, 0) is 26.1 Å². The molecule has 0 saturated heterocycles. The monoisotopic (exact) mass is 470 g/mol. The van der Waals surface area contributed by atoms with Crippen molar-refractivity contribution in [1.29, 1.82) is 0 Å². The number of alkyl halides is 3. The molecule has 0 aliphatic heterocycles. The van der Waals surface area contributed by atoms with Crippen LogP contribution in [0.15, 0.2) is 48.7 Å². The number of hydrogen-bond acceptors (Lipinski definition) is 0. The van der Waals surface area contributed by atoms with Crippen LogP contribution in [0.1, 0.15) is 50.1 Å².